The molecule has 0 aliphatic carbocycles. The lowest BCUT2D eigenvalue weighted by atomic mass is 10.2. The fourth-order valence-corrected chi connectivity index (χ4v) is 1.71. The van der Waals surface area contributed by atoms with E-state index >= 15 is 0 Å². The number of anilines is 2. The topological polar surface area (TPSA) is 79.2 Å². The molecule has 2 aromatic rings. The van der Waals surface area contributed by atoms with Gasteiger partial charge in [-0.3, -0.25) is 0 Å². The molecule has 0 heterocycles. The van der Waals surface area contributed by atoms with Crippen molar-refractivity contribution in [2.24, 2.45) is 5.29 Å². The van der Waals surface area contributed by atoms with E-state index in [1.165, 1.54) is 29.3 Å². The summed E-state index contributed by atoms with van der Waals surface area (Å²) >= 11 is 0. The summed E-state index contributed by atoms with van der Waals surface area (Å²) in [4.78, 5) is 21.8. The summed E-state index contributed by atoms with van der Waals surface area (Å²) in [5.74, 6) is -0.354. The predicted octanol–water partition coefficient (Wildman–Crippen LogP) is 3.21. The Morgan fingerprint density at radius 2 is 1.55 bits per heavy atom. The van der Waals surface area contributed by atoms with Gasteiger partial charge in [-0.2, -0.15) is 5.01 Å². The first-order valence-electron chi connectivity index (χ1n) is 5.76. The second-order valence-corrected chi connectivity index (χ2v) is 3.94. The van der Waals surface area contributed by atoms with Crippen LogP contribution in [-0.2, 0) is 0 Å². The average Bonchev–Trinajstić information content (AvgIpc) is 2.49. The fourth-order valence-electron chi connectivity index (χ4n) is 1.71. The highest BCUT2D eigenvalue weighted by molar-refractivity contribution is 5.88. The molecule has 0 aliphatic rings. The van der Waals surface area contributed by atoms with Crippen LogP contribution < -0.4 is 9.75 Å². The zero-order chi connectivity index (χ0) is 14.5. The van der Waals surface area contributed by atoms with E-state index in [1.54, 1.807) is 31.4 Å². The van der Waals surface area contributed by atoms with Crippen molar-refractivity contribution in [3.63, 3.8) is 0 Å². The highest BCUT2D eigenvalue weighted by atomic mass is 16.5. The van der Waals surface area contributed by atoms with Crippen molar-refractivity contribution in [3.8, 4) is 5.75 Å². The molecule has 0 aliphatic heterocycles. The molecule has 0 radical (unpaired) electrons. The van der Waals surface area contributed by atoms with Crippen LogP contribution >= 0.6 is 0 Å². The molecular weight excluding hydrogens is 260 g/mol. The van der Waals surface area contributed by atoms with Crippen LogP contribution in [0, 0.1) is 4.91 Å². The van der Waals surface area contributed by atoms with Gasteiger partial charge < -0.3 is 9.84 Å². The second-order valence-electron chi connectivity index (χ2n) is 3.94. The lowest BCUT2D eigenvalue weighted by molar-refractivity contribution is 0.0697. The van der Waals surface area contributed by atoms with Gasteiger partial charge in [0.25, 0.3) is 0 Å². The third-order valence-corrected chi connectivity index (χ3v) is 2.76. The number of nitrogens with zero attached hydrogens (tertiary/aromatic N) is 2. The quantitative estimate of drug-likeness (QED) is 0.667. The maximum Gasteiger partial charge on any atom is 0.335 e. The van der Waals surface area contributed by atoms with Gasteiger partial charge >= 0.3 is 5.97 Å². The summed E-state index contributed by atoms with van der Waals surface area (Å²) in [5.41, 5.74) is 1.19. The van der Waals surface area contributed by atoms with Gasteiger partial charge in [0.15, 0.2) is 0 Å². The average molecular weight is 272 g/mol. The maximum absolute atomic E-state index is 11.0. The van der Waals surface area contributed by atoms with Crippen molar-refractivity contribution in [1.82, 2.24) is 0 Å². The lowest BCUT2D eigenvalue weighted by Crippen LogP contribution is -2.08. The van der Waals surface area contributed by atoms with Gasteiger partial charge in [0.05, 0.1) is 29.3 Å². The third-order valence-electron chi connectivity index (χ3n) is 2.76. The zero-order valence-electron chi connectivity index (χ0n) is 10.7. The van der Waals surface area contributed by atoms with Crippen LogP contribution in [0.4, 0.5) is 11.4 Å². The largest absolute Gasteiger partial charge is 0.497 e. The number of rotatable bonds is 5. The summed E-state index contributed by atoms with van der Waals surface area (Å²) < 4.78 is 5.04. The Hall–Kier alpha value is -2.89. The monoisotopic (exact) mass is 272 g/mol. The lowest BCUT2D eigenvalue weighted by Gasteiger charge is -2.15. The molecule has 0 saturated carbocycles. The molecule has 2 aromatic carbocycles. The molecule has 102 valence electrons. The summed E-state index contributed by atoms with van der Waals surface area (Å²) in [6.45, 7) is 0. The summed E-state index contributed by atoms with van der Waals surface area (Å²) in [5, 5.41) is 13.0. The number of hydrogen-bond acceptors (Lipinski definition) is 4. The number of ether oxygens (including phenoxy) is 1. The van der Waals surface area contributed by atoms with Crippen molar-refractivity contribution >= 4 is 17.3 Å². The number of nitroso groups, excluding NO2 is 1. The van der Waals surface area contributed by atoms with E-state index in [0.29, 0.717) is 17.1 Å². The van der Waals surface area contributed by atoms with Crippen LogP contribution in [0.25, 0.3) is 0 Å². The minimum atomic E-state index is -1.02. The summed E-state index contributed by atoms with van der Waals surface area (Å²) in [7, 11) is 1.55. The van der Waals surface area contributed by atoms with Crippen LogP contribution in [0.3, 0.4) is 0 Å². The Labute approximate surface area is 115 Å². The van der Waals surface area contributed by atoms with Gasteiger partial charge in [0, 0.05) is 0 Å². The van der Waals surface area contributed by atoms with Gasteiger partial charge in [0.1, 0.15) is 5.75 Å². The van der Waals surface area contributed by atoms with Crippen molar-refractivity contribution in [1.29, 1.82) is 0 Å². The Bertz CT molecular complexity index is 608. The van der Waals surface area contributed by atoms with Gasteiger partial charge in [0.2, 0.25) is 0 Å². The van der Waals surface area contributed by atoms with Gasteiger partial charge in [-0.05, 0) is 48.5 Å². The number of carbonyl (C=O) groups is 1. The molecule has 0 amide bonds. The standard InChI is InChI=1S/C14H12N2O4/c1-20-13-8-6-12(7-9-13)16(15-19)11-4-2-10(3-5-11)14(17)18/h2-9H,1H3,(H,17,18). The van der Waals surface area contributed by atoms with Crippen LogP contribution in [0.2, 0.25) is 0 Å². The van der Waals surface area contributed by atoms with E-state index in [4.69, 9.17) is 9.84 Å². The molecule has 0 aromatic heterocycles. The molecule has 0 saturated heterocycles. The molecule has 1 N–H and O–H groups in total. The first-order valence-corrected chi connectivity index (χ1v) is 5.76. The highest BCUT2D eigenvalue weighted by Crippen LogP contribution is 2.27. The molecule has 0 spiro atoms. The van der Waals surface area contributed by atoms with Crippen LogP contribution in [0.15, 0.2) is 53.8 Å². The number of carboxylic acids is 1. The Morgan fingerprint density at radius 3 is 1.95 bits per heavy atom. The van der Waals surface area contributed by atoms with Crippen molar-refractivity contribution < 1.29 is 14.6 Å². The number of benzene rings is 2. The van der Waals surface area contributed by atoms with E-state index in [0.717, 1.165) is 0 Å². The Balaban J connectivity index is 2.31. The predicted molar refractivity (Wildman–Crippen MR) is 74.3 cm³/mol. The molecule has 0 atom stereocenters. The highest BCUT2D eigenvalue weighted by Gasteiger charge is 2.11. The van der Waals surface area contributed by atoms with Crippen molar-refractivity contribution in [3.05, 3.63) is 59.0 Å². The molecule has 6 nitrogen and oxygen atoms in total. The minimum absolute atomic E-state index is 0.148. The third kappa shape index (κ3) is 2.74. The first kappa shape index (κ1) is 13.5. The summed E-state index contributed by atoms with van der Waals surface area (Å²) in [6, 6.07) is 12.7. The maximum atomic E-state index is 11.0. The Kier molecular flexibility index (Phi) is 3.95. The molecule has 0 unspecified atom stereocenters. The SMILES string of the molecule is COc1ccc(N(N=O)c2ccc(C(=O)O)cc2)cc1. The normalized spacial score (nSPS) is 9.85. The fraction of sp³-hybridized carbons (Fsp3) is 0.0714. The molecular formula is C14H12N2O4. The van der Waals surface area contributed by atoms with Gasteiger partial charge in [-0.1, -0.05) is 0 Å². The molecule has 6 heteroatoms. The second kappa shape index (κ2) is 5.83. The Morgan fingerprint density at radius 1 is 1.05 bits per heavy atom. The molecule has 2 rings (SSSR count). The van der Waals surface area contributed by atoms with Crippen LogP contribution in [0.1, 0.15) is 10.4 Å². The number of carboxylic acid groups (broad SMARTS) is 1. The van der Waals surface area contributed by atoms with E-state index in [1.807, 2.05) is 0 Å². The molecule has 0 bridgehead atoms. The number of aromatic carboxylic acids is 1. The zero-order valence-corrected chi connectivity index (χ0v) is 10.7. The number of methoxy groups -OCH3 is 1. The van der Waals surface area contributed by atoms with Gasteiger partial charge in [-0.15, -0.1) is 4.91 Å². The molecule has 20 heavy (non-hydrogen) atoms. The van der Waals surface area contributed by atoms with Crippen molar-refractivity contribution in [2.75, 3.05) is 12.1 Å². The van der Waals surface area contributed by atoms with E-state index in [-0.39, 0.29) is 5.56 Å². The first-order chi connectivity index (χ1) is 9.65. The van der Waals surface area contributed by atoms with Crippen LogP contribution in [-0.4, -0.2) is 18.2 Å². The number of hydrogen-bond donors (Lipinski definition) is 1. The van der Waals surface area contributed by atoms with Gasteiger partial charge in [-0.25, -0.2) is 4.79 Å². The molecule has 0 fully saturated rings. The van der Waals surface area contributed by atoms with Crippen molar-refractivity contribution in [2.45, 2.75) is 0 Å². The van der Waals surface area contributed by atoms with E-state index in [9.17, 15) is 9.70 Å². The van der Waals surface area contributed by atoms with E-state index < -0.39 is 5.97 Å². The smallest absolute Gasteiger partial charge is 0.335 e. The van der Waals surface area contributed by atoms with Crippen LogP contribution in [0.5, 0.6) is 5.75 Å². The minimum Gasteiger partial charge on any atom is -0.497 e. The summed E-state index contributed by atoms with van der Waals surface area (Å²) in [6.07, 6.45) is 0. The van der Waals surface area contributed by atoms with E-state index in [2.05, 4.69) is 5.29 Å².